The molecule has 0 fully saturated rings. The molecule has 0 aliphatic carbocycles. The van der Waals surface area contributed by atoms with Crippen LogP contribution in [0.2, 0.25) is 0 Å². The summed E-state index contributed by atoms with van der Waals surface area (Å²) in [5.41, 5.74) is 0. The Hall–Kier alpha value is -1.05. The van der Waals surface area contributed by atoms with Crippen molar-refractivity contribution in [2.75, 3.05) is 18.9 Å². The van der Waals surface area contributed by atoms with Gasteiger partial charge in [0.05, 0.1) is 5.75 Å². The molecule has 0 saturated heterocycles. The predicted octanol–water partition coefficient (Wildman–Crippen LogP) is 1.49. The van der Waals surface area contributed by atoms with Crippen LogP contribution in [0.3, 0.4) is 0 Å². The fourth-order valence-corrected chi connectivity index (χ4v) is 3.46. The molecule has 1 atom stereocenters. The smallest absolute Gasteiger partial charge is 0.182 e. The van der Waals surface area contributed by atoms with Gasteiger partial charge >= 0.3 is 0 Å². The molecule has 114 valence electrons. The van der Waals surface area contributed by atoms with Crippen LogP contribution in [0.4, 0.5) is 8.78 Å². The maximum Gasteiger partial charge on any atom is 0.182 e. The normalized spacial score (nSPS) is 13.4. The fourth-order valence-electron chi connectivity index (χ4n) is 1.83. The van der Waals surface area contributed by atoms with E-state index in [-0.39, 0.29) is 18.8 Å². The molecule has 0 aliphatic rings. The molecule has 0 aliphatic heterocycles. The molecule has 2 N–H and O–H groups in total. The maximum absolute atomic E-state index is 13.5. The van der Waals surface area contributed by atoms with Crippen LogP contribution in [0.1, 0.15) is 19.8 Å². The summed E-state index contributed by atoms with van der Waals surface area (Å²) < 4.78 is 50.6. The second kappa shape index (κ2) is 7.66. The van der Waals surface area contributed by atoms with Crippen LogP contribution in [0.25, 0.3) is 0 Å². The summed E-state index contributed by atoms with van der Waals surface area (Å²) in [6.07, 6.45) is 1.06. The summed E-state index contributed by atoms with van der Waals surface area (Å²) in [4.78, 5) is -0.514. The number of benzene rings is 1. The van der Waals surface area contributed by atoms with Crippen molar-refractivity contribution in [3.63, 3.8) is 0 Å². The fraction of sp³-hybridized carbons (Fsp3) is 0.538. The van der Waals surface area contributed by atoms with E-state index < -0.39 is 32.4 Å². The van der Waals surface area contributed by atoms with Crippen LogP contribution in [-0.4, -0.2) is 38.5 Å². The Labute approximate surface area is 117 Å². The Morgan fingerprint density at radius 1 is 1.35 bits per heavy atom. The Kier molecular flexibility index (Phi) is 6.51. The third-order valence-electron chi connectivity index (χ3n) is 2.81. The van der Waals surface area contributed by atoms with Crippen LogP contribution < -0.4 is 5.32 Å². The van der Waals surface area contributed by atoms with Crippen LogP contribution in [0, 0.1) is 11.6 Å². The third-order valence-corrected chi connectivity index (χ3v) is 4.65. The van der Waals surface area contributed by atoms with Gasteiger partial charge in [0.15, 0.2) is 9.84 Å². The van der Waals surface area contributed by atoms with Gasteiger partial charge in [-0.1, -0.05) is 6.92 Å². The van der Waals surface area contributed by atoms with Gasteiger partial charge < -0.3 is 10.4 Å². The van der Waals surface area contributed by atoms with Crippen molar-refractivity contribution in [1.82, 2.24) is 5.32 Å². The Bertz CT molecular complexity index is 534. The average molecular weight is 307 g/mol. The monoisotopic (exact) mass is 307 g/mol. The lowest BCUT2D eigenvalue weighted by molar-refractivity contribution is 0.269. The minimum atomic E-state index is -3.87. The summed E-state index contributed by atoms with van der Waals surface area (Å²) in [6.45, 7) is 2.37. The minimum Gasteiger partial charge on any atom is -0.396 e. The standard InChI is InChI=1S/C13H19F2NO3S/c1-2-6-16-11(5-7-17)9-20(18,19)13-4-3-10(14)8-12(13)15/h3-4,8,11,16-17H,2,5-7,9H2,1H3. The van der Waals surface area contributed by atoms with E-state index in [1.165, 1.54) is 0 Å². The highest BCUT2D eigenvalue weighted by Crippen LogP contribution is 2.18. The molecule has 1 aromatic rings. The summed E-state index contributed by atoms with van der Waals surface area (Å²) >= 11 is 0. The molecule has 0 saturated carbocycles. The Morgan fingerprint density at radius 3 is 2.60 bits per heavy atom. The molecular weight excluding hydrogens is 288 g/mol. The summed E-state index contributed by atoms with van der Waals surface area (Å²) in [7, 11) is -3.87. The number of hydrogen-bond donors (Lipinski definition) is 2. The predicted molar refractivity (Wildman–Crippen MR) is 72.2 cm³/mol. The first-order chi connectivity index (χ1) is 9.40. The number of halogens is 2. The largest absolute Gasteiger partial charge is 0.396 e. The van der Waals surface area contributed by atoms with Crippen molar-refractivity contribution in [2.45, 2.75) is 30.7 Å². The lowest BCUT2D eigenvalue weighted by Crippen LogP contribution is -2.37. The topological polar surface area (TPSA) is 66.4 Å². The molecule has 0 amide bonds. The average Bonchev–Trinajstić information content (AvgIpc) is 2.35. The summed E-state index contributed by atoms with van der Waals surface area (Å²) in [6, 6.07) is 1.93. The molecule has 0 aromatic heterocycles. The number of rotatable bonds is 8. The first-order valence-electron chi connectivity index (χ1n) is 6.42. The van der Waals surface area contributed by atoms with E-state index in [0.29, 0.717) is 12.6 Å². The molecule has 1 rings (SSSR count). The van der Waals surface area contributed by atoms with Crippen molar-refractivity contribution in [1.29, 1.82) is 0 Å². The lowest BCUT2D eigenvalue weighted by atomic mass is 10.2. The second-order valence-electron chi connectivity index (χ2n) is 4.52. The molecule has 0 spiro atoms. The van der Waals surface area contributed by atoms with Crippen molar-refractivity contribution in [3.05, 3.63) is 29.8 Å². The minimum absolute atomic E-state index is 0.164. The Balaban J connectivity index is 2.91. The van der Waals surface area contributed by atoms with E-state index >= 15 is 0 Å². The van der Waals surface area contributed by atoms with Gasteiger partial charge in [-0.05, 0) is 31.5 Å². The van der Waals surface area contributed by atoms with E-state index in [2.05, 4.69) is 5.32 Å². The van der Waals surface area contributed by atoms with E-state index in [1.54, 1.807) is 0 Å². The number of nitrogens with one attached hydrogen (secondary N) is 1. The SMILES string of the molecule is CCCNC(CCO)CS(=O)(=O)c1ccc(F)cc1F. The molecule has 0 bridgehead atoms. The first-order valence-corrected chi connectivity index (χ1v) is 8.08. The zero-order valence-corrected chi connectivity index (χ0v) is 12.1. The summed E-state index contributed by atoms with van der Waals surface area (Å²) in [5, 5.41) is 11.9. The number of hydrogen-bond acceptors (Lipinski definition) is 4. The molecular formula is C13H19F2NO3S. The second-order valence-corrected chi connectivity index (χ2v) is 6.52. The van der Waals surface area contributed by atoms with Gasteiger partial charge in [0.2, 0.25) is 0 Å². The number of sulfone groups is 1. The van der Waals surface area contributed by atoms with Crippen molar-refractivity contribution in [2.24, 2.45) is 0 Å². The van der Waals surface area contributed by atoms with Crippen LogP contribution >= 0.6 is 0 Å². The highest BCUT2D eigenvalue weighted by molar-refractivity contribution is 7.91. The van der Waals surface area contributed by atoms with Crippen molar-refractivity contribution < 1.29 is 22.3 Å². The molecule has 20 heavy (non-hydrogen) atoms. The third kappa shape index (κ3) is 4.81. The van der Waals surface area contributed by atoms with E-state index in [4.69, 9.17) is 5.11 Å². The van der Waals surface area contributed by atoms with Crippen LogP contribution in [-0.2, 0) is 9.84 Å². The van der Waals surface area contributed by atoms with E-state index in [1.807, 2.05) is 6.92 Å². The number of aliphatic hydroxyl groups is 1. The molecule has 0 heterocycles. The molecule has 1 unspecified atom stereocenters. The van der Waals surface area contributed by atoms with Crippen LogP contribution in [0.5, 0.6) is 0 Å². The first kappa shape index (κ1) is 17.0. The van der Waals surface area contributed by atoms with E-state index in [0.717, 1.165) is 18.6 Å². The quantitative estimate of drug-likeness (QED) is 0.714. The molecule has 4 nitrogen and oxygen atoms in total. The molecule has 1 aromatic carbocycles. The maximum atomic E-state index is 13.5. The van der Waals surface area contributed by atoms with Gasteiger partial charge in [-0.2, -0.15) is 0 Å². The lowest BCUT2D eigenvalue weighted by Gasteiger charge is -2.17. The highest BCUT2D eigenvalue weighted by atomic mass is 32.2. The van der Waals surface area contributed by atoms with Gasteiger partial charge in [0, 0.05) is 18.7 Å². The van der Waals surface area contributed by atoms with Gasteiger partial charge in [0.1, 0.15) is 16.5 Å². The Morgan fingerprint density at radius 2 is 2.05 bits per heavy atom. The van der Waals surface area contributed by atoms with Crippen molar-refractivity contribution in [3.8, 4) is 0 Å². The van der Waals surface area contributed by atoms with Crippen LogP contribution in [0.15, 0.2) is 23.1 Å². The molecule has 0 radical (unpaired) electrons. The highest BCUT2D eigenvalue weighted by Gasteiger charge is 2.24. The zero-order chi connectivity index (χ0) is 15.2. The van der Waals surface area contributed by atoms with Gasteiger partial charge in [-0.25, -0.2) is 17.2 Å². The van der Waals surface area contributed by atoms with Crippen molar-refractivity contribution >= 4 is 9.84 Å². The molecule has 7 heteroatoms. The van der Waals surface area contributed by atoms with E-state index in [9.17, 15) is 17.2 Å². The number of aliphatic hydroxyl groups excluding tert-OH is 1. The zero-order valence-electron chi connectivity index (χ0n) is 11.3. The van der Waals surface area contributed by atoms with Gasteiger partial charge in [-0.3, -0.25) is 0 Å². The summed E-state index contributed by atoms with van der Waals surface area (Å²) in [5.74, 6) is -2.25. The van der Waals surface area contributed by atoms with Gasteiger partial charge in [-0.15, -0.1) is 0 Å². The van der Waals surface area contributed by atoms with Gasteiger partial charge in [0.25, 0.3) is 0 Å².